The van der Waals surface area contributed by atoms with Gasteiger partial charge in [-0.05, 0) is 76.3 Å². The van der Waals surface area contributed by atoms with Crippen LogP contribution in [0.1, 0.15) is 32.0 Å². The van der Waals surface area contributed by atoms with E-state index in [-0.39, 0.29) is 6.04 Å². The van der Waals surface area contributed by atoms with Crippen molar-refractivity contribution >= 4 is 23.5 Å². The number of rotatable bonds is 8. The van der Waals surface area contributed by atoms with Gasteiger partial charge in [0.1, 0.15) is 11.5 Å². The van der Waals surface area contributed by atoms with E-state index in [4.69, 9.17) is 21.7 Å². The third-order valence-electron chi connectivity index (χ3n) is 4.19. The van der Waals surface area contributed by atoms with Crippen molar-refractivity contribution in [2.75, 3.05) is 6.61 Å². The fourth-order valence-corrected chi connectivity index (χ4v) is 3.13. The first-order valence-corrected chi connectivity index (χ1v) is 10.5. The van der Waals surface area contributed by atoms with Crippen molar-refractivity contribution in [1.82, 2.24) is 20.5 Å². The number of benzene rings is 2. The van der Waals surface area contributed by atoms with Crippen LogP contribution in [0, 0.1) is 6.92 Å². The standard InChI is InChI=1S/C23H27N5O2S/c1-5-29-19-11-13-20(14-12-19)30-22-21(15-24-26-23(31)25-16(2)3)17(4)27-28(22)18-9-7-6-8-10-18/h6-16H,5H2,1-4H3,(H2,25,26,31)/b24-15+. The van der Waals surface area contributed by atoms with Crippen LogP contribution in [0.15, 0.2) is 59.7 Å². The summed E-state index contributed by atoms with van der Waals surface area (Å²) >= 11 is 5.23. The van der Waals surface area contributed by atoms with E-state index in [0.29, 0.717) is 23.3 Å². The molecule has 3 rings (SSSR count). The summed E-state index contributed by atoms with van der Waals surface area (Å²) < 4.78 is 13.5. The highest BCUT2D eigenvalue weighted by atomic mass is 32.1. The van der Waals surface area contributed by atoms with E-state index in [0.717, 1.165) is 22.7 Å². The Morgan fingerprint density at radius 1 is 1.13 bits per heavy atom. The van der Waals surface area contributed by atoms with Gasteiger partial charge in [0.25, 0.3) is 0 Å². The Morgan fingerprint density at radius 3 is 2.45 bits per heavy atom. The number of hydrogen-bond donors (Lipinski definition) is 2. The van der Waals surface area contributed by atoms with E-state index in [1.54, 1.807) is 10.9 Å². The number of para-hydroxylation sites is 1. The highest BCUT2D eigenvalue weighted by Gasteiger charge is 2.18. The number of nitrogens with zero attached hydrogens (tertiary/aromatic N) is 3. The van der Waals surface area contributed by atoms with Gasteiger partial charge in [-0.25, -0.2) is 0 Å². The number of hydrogen-bond acceptors (Lipinski definition) is 5. The Balaban J connectivity index is 1.92. The number of thiocarbonyl (C=S) groups is 1. The largest absolute Gasteiger partial charge is 0.494 e. The SMILES string of the molecule is CCOc1ccc(Oc2c(/C=N/NC(=S)NC(C)C)c(C)nn2-c2ccccc2)cc1. The molecule has 0 atom stereocenters. The Labute approximate surface area is 188 Å². The van der Waals surface area contributed by atoms with Gasteiger partial charge in [-0.3, -0.25) is 5.43 Å². The minimum absolute atomic E-state index is 0.219. The molecule has 1 heterocycles. The molecule has 0 aliphatic carbocycles. The van der Waals surface area contributed by atoms with Crippen LogP contribution in [0.25, 0.3) is 5.69 Å². The van der Waals surface area contributed by atoms with Crippen molar-refractivity contribution in [1.29, 1.82) is 0 Å². The van der Waals surface area contributed by atoms with Gasteiger partial charge in [0, 0.05) is 6.04 Å². The molecule has 0 bridgehead atoms. The zero-order valence-electron chi connectivity index (χ0n) is 18.1. The first kappa shape index (κ1) is 22.3. The second-order valence-electron chi connectivity index (χ2n) is 7.06. The quantitative estimate of drug-likeness (QED) is 0.305. The Morgan fingerprint density at radius 2 is 1.81 bits per heavy atom. The van der Waals surface area contributed by atoms with Crippen LogP contribution >= 0.6 is 12.2 Å². The van der Waals surface area contributed by atoms with E-state index < -0.39 is 0 Å². The molecule has 0 radical (unpaired) electrons. The molecule has 31 heavy (non-hydrogen) atoms. The summed E-state index contributed by atoms with van der Waals surface area (Å²) in [5, 5.41) is 12.5. The van der Waals surface area contributed by atoms with Crippen molar-refractivity contribution < 1.29 is 9.47 Å². The molecule has 0 saturated carbocycles. The molecule has 0 amide bonds. The van der Waals surface area contributed by atoms with Gasteiger partial charge in [-0.1, -0.05) is 18.2 Å². The van der Waals surface area contributed by atoms with Gasteiger partial charge in [0.05, 0.1) is 29.8 Å². The lowest BCUT2D eigenvalue weighted by molar-refractivity contribution is 0.339. The highest BCUT2D eigenvalue weighted by Crippen LogP contribution is 2.30. The average molecular weight is 438 g/mol. The summed E-state index contributed by atoms with van der Waals surface area (Å²) in [6, 6.07) is 17.5. The van der Waals surface area contributed by atoms with Crippen LogP contribution in [0.4, 0.5) is 0 Å². The molecular weight excluding hydrogens is 410 g/mol. The topological polar surface area (TPSA) is 72.7 Å². The second-order valence-corrected chi connectivity index (χ2v) is 7.46. The number of nitrogens with one attached hydrogen (secondary N) is 2. The Kier molecular flexibility index (Phi) is 7.61. The molecule has 8 heteroatoms. The fourth-order valence-electron chi connectivity index (χ4n) is 2.84. The summed E-state index contributed by atoms with van der Waals surface area (Å²) in [7, 11) is 0. The Hall–Kier alpha value is -3.39. The summed E-state index contributed by atoms with van der Waals surface area (Å²) in [4.78, 5) is 0. The van der Waals surface area contributed by atoms with Gasteiger partial charge < -0.3 is 14.8 Å². The van der Waals surface area contributed by atoms with Crippen molar-refractivity contribution in [2.45, 2.75) is 33.7 Å². The van der Waals surface area contributed by atoms with Gasteiger partial charge in [0.15, 0.2) is 5.11 Å². The summed E-state index contributed by atoms with van der Waals surface area (Å²) in [5.74, 6) is 2.01. The van der Waals surface area contributed by atoms with Crippen LogP contribution in [-0.4, -0.2) is 33.8 Å². The zero-order chi connectivity index (χ0) is 22.2. The predicted octanol–water partition coefficient (Wildman–Crippen LogP) is 4.58. The molecule has 1 aromatic heterocycles. The molecule has 2 N–H and O–H groups in total. The lowest BCUT2D eigenvalue weighted by Crippen LogP contribution is -2.36. The third-order valence-corrected chi connectivity index (χ3v) is 4.40. The molecule has 162 valence electrons. The third kappa shape index (κ3) is 6.05. The minimum Gasteiger partial charge on any atom is -0.494 e. The molecule has 0 unspecified atom stereocenters. The Bertz CT molecular complexity index is 1030. The van der Waals surface area contributed by atoms with Gasteiger partial charge in [-0.15, -0.1) is 0 Å². The number of aromatic nitrogens is 2. The first-order valence-electron chi connectivity index (χ1n) is 10.1. The maximum absolute atomic E-state index is 6.25. The lowest BCUT2D eigenvalue weighted by atomic mass is 10.2. The molecule has 2 aromatic carbocycles. The van der Waals surface area contributed by atoms with Crippen LogP contribution in [0.5, 0.6) is 17.4 Å². The van der Waals surface area contributed by atoms with Crippen LogP contribution in [0.2, 0.25) is 0 Å². The molecule has 0 spiro atoms. The fraction of sp³-hybridized carbons (Fsp3) is 0.261. The molecule has 0 saturated heterocycles. The van der Waals surface area contributed by atoms with E-state index in [9.17, 15) is 0 Å². The molecule has 0 fully saturated rings. The summed E-state index contributed by atoms with van der Waals surface area (Å²) in [6.07, 6.45) is 1.67. The van der Waals surface area contributed by atoms with E-state index >= 15 is 0 Å². The molecule has 0 aliphatic rings. The van der Waals surface area contributed by atoms with E-state index in [1.165, 1.54) is 0 Å². The summed E-state index contributed by atoms with van der Waals surface area (Å²) in [6.45, 7) is 8.49. The van der Waals surface area contributed by atoms with Crippen molar-refractivity contribution in [2.24, 2.45) is 5.10 Å². The molecule has 0 aliphatic heterocycles. The first-order chi connectivity index (χ1) is 15.0. The van der Waals surface area contributed by atoms with E-state index in [1.807, 2.05) is 82.3 Å². The second kappa shape index (κ2) is 10.6. The normalized spacial score (nSPS) is 11.0. The average Bonchev–Trinajstić information content (AvgIpc) is 3.05. The van der Waals surface area contributed by atoms with Crippen molar-refractivity contribution in [3.8, 4) is 23.1 Å². The highest BCUT2D eigenvalue weighted by molar-refractivity contribution is 7.80. The van der Waals surface area contributed by atoms with E-state index in [2.05, 4.69) is 20.9 Å². The van der Waals surface area contributed by atoms with Crippen LogP contribution in [-0.2, 0) is 0 Å². The monoisotopic (exact) mass is 437 g/mol. The number of aryl methyl sites for hydroxylation is 1. The van der Waals surface area contributed by atoms with Crippen molar-refractivity contribution in [3.63, 3.8) is 0 Å². The van der Waals surface area contributed by atoms with Crippen molar-refractivity contribution in [3.05, 3.63) is 65.9 Å². The minimum atomic E-state index is 0.219. The number of ether oxygens (including phenoxy) is 2. The number of hydrazone groups is 1. The maximum Gasteiger partial charge on any atom is 0.231 e. The lowest BCUT2D eigenvalue weighted by Gasteiger charge is -2.11. The maximum atomic E-state index is 6.25. The van der Waals surface area contributed by atoms with Gasteiger partial charge >= 0.3 is 0 Å². The van der Waals surface area contributed by atoms with Gasteiger partial charge in [-0.2, -0.15) is 14.9 Å². The molecular formula is C23H27N5O2S. The molecule has 3 aromatic rings. The van der Waals surface area contributed by atoms with Crippen LogP contribution < -0.4 is 20.2 Å². The summed E-state index contributed by atoms with van der Waals surface area (Å²) in [5.41, 5.74) is 5.24. The molecule has 7 nitrogen and oxygen atoms in total. The van der Waals surface area contributed by atoms with Gasteiger partial charge in [0.2, 0.25) is 5.88 Å². The smallest absolute Gasteiger partial charge is 0.231 e. The van der Waals surface area contributed by atoms with Crippen LogP contribution in [0.3, 0.4) is 0 Å². The zero-order valence-corrected chi connectivity index (χ0v) is 18.9. The predicted molar refractivity (Wildman–Crippen MR) is 128 cm³/mol.